The van der Waals surface area contributed by atoms with Crippen molar-refractivity contribution in [2.45, 2.75) is 52.4 Å². The first kappa shape index (κ1) is 12.6. The molecular formula is C13H19NO2S. The first-order valence-corrected chi connectivity index (χ1v) is 6.91. The van der Waals surface area contributed by atoms with Crippen molar-refractivity contribution in [2.24, 2.45) is 5.41 Å². The van der Waals surface area contributed by atoms with E-state index in [1.54, 1.807) is 25.2 Å². The zero-order valence-corrected chi connectivity index (χ0v) is 11.4. The molecule has 3 nitrogen and oxygen atoms in total. The largest absolute Gasteiger partial charge is 0.481 e. The number of aryl methyl sites for hydroxylation is 1. The Balaban J connectivity index is 2.15. The lowest BCUT2D eigenvalue weighted by Crippen LogP contribution is -2.26. The van der Waals surface area contributed by atoms with Crippen LogP contribution in [-0.2, 0) is 11.2 Å². The van der Waals surface area contributed by atoms with E-state index in [0.717, 1.165) is 10.6 Å². The number of hydrogen-bond acceptors (Lipinski definition) is 3. The molecule has 17 heavy (non-hydrogen) atoms. The third-order valence-corrected chi connectivity index (χ3v) is 4.86. The van der Waals surface area contributed by atoms with Gasteiger partial charge in [0.1, 0.15) is 0 Å². The highest BCUT2D eigenvalue weighted by Crippen LogP contribution is 2.40. The summed E-state index contributed by atoms with van der Waals surface area (Å²) >= 11 is 1.71. The summed E-state index contributed by atoms with van der Waals surface area (Å²) in [6, 6.07) is 0. The first-order chi connectivity index (χ1) is 7.90. The summed E-state index contributed by atoms with van der Waals surface area (Å²) in [7, 11) is 0. The van der Waals surface area contributed by atoms with Gasteiger partial charge in [0.05, 0.1) is 16.1 Å². The molecule has 1 aromatic heterocycles. The Morgan fingerprint density at radius 2 is 2.18 bits per heavy atom. The highest BCUT2D eigenvalue weighted by atomic mass is 32.1. The molecule has 1 saturated carbocycles. The predicted octanol–water partition coefficient (Wildman–Crippen LogP) is 3.37. The molecular weight excluding hydrogens is 234 g/mol. The fraction of sp³-hybridized carbons (Fsp3) is 0.692. The lowest BCUT2D eigenvalue weighted by atomic mass is 9.86. The normalized spacial score (nSPS) is 16.9. The van der Waals surface area contributed by atoms with Crippen LogP contribution in [-0.4, -0.2) is 16.1 Å². The van der Waals surface area contributed by atoms with E-state index in [0.29, 0.717) is 12.3 Å². The number of aliphatic carboxylic acids is 1. The summed E-state index contributed by atoms with van der Waals surface area (Å²) in [4.78, 5) is 16.9. The minimum absolute atomic E-state index is 0.582. The molecule has 0 aliphatic heterocycles. The first-order valence-electron chi connectivity index (χ1n) is 6.10. The van der Waals surface area contributed by atoms with Crippen molar-refractivity contribution in [3.05, 3.63) is 15.6 Å². The van der Waals surface area contributed by atoms with E-state index < -0.39 is 11.4 Å². The Morgan fingerprint density at radius 1 is 1.53 bits per heavy atom. The van der Waals surface area contributed by atoms with Crippen LogP contribution in [0.15, 0.2) is 0 Å². The van der Waals surface area contributed by atoms with Gasteiger partial charge in [0.25, 0.3) is 0 Å². The second kappa shape index (κ2) is 4.41. The topological polar surface area (TPSA) is 50.2 Å². The number of thiazole rings is 1. The summed E-state index contributed by atoms with van der Waals surface area (Å²) in [5, 5.41) is 10.4. The van der Waals surface area contributed by atoms with Crippen molar-refractivity contribution in [1.29, 1.82) is 0 Å². The molecule has 0 radical (unpaired) electrons. The van der Waals surface area contributed by atoms with Gasteiger partial charge in [-0.1, -0.05) is 6.42 Å². The predicted molar refractivity (Wildman–Crippen MR) is 68.6 cm³/mol. The molecule has 0 bridgehead atoms. The summed E-state index contributed by atoms with van der Waals surface area (Å²) in [5.74, 6) is -0.101. The van der Waals surface area contributed by atoms with Crippen LogP contribution in [0.2, 0.25) is 0 Å². The Morgan fingerprint density at radius 3 is 2.65 bits per heavy atom. The van der Waals surface area contributed by atoms with Crippen LogP contribution in [0.4, 0.5) is 0 Å². The van der Waals surface area contributed by atoms with Crippen LogP contribution in [0.3, 0.4) is 0 Å². The van der Waals surface area contributed by atoms with Crippen molar-refractivity contribution < 1.29 is 9.90 Å². The van der Waals surface area contributed by atoms with Crippen LogP contribution in [0, 0.1) is 12.3 Å². The van der Waals surface area contributed by atoms with E-state index in [1.807, 2.05) is 6.92 Å². The van der Waals surface area contributed by atoms with Crippen molar-refractivity contribution >= 4 is 17.3 Å². The molecule has 0 amide bonds. The molecule has 0 spiro atoms. The molecule has 0 aromatic carbocycles. The summed E-state index contributed by atoms with van der Waals surface area (Å²) in [6.45, 7) is 5.54. The van der Waals surface area contributed by atoms with Gasteiger partial charge in [-0.2, -0.15) is 0 Å². The van der Waals surface area contributed by atoms with Crippen LogP contribution >= 0.6 is 11.3 Å². The quantitative estimate of drug-likeness (QED) is 0.895. The van der Waals surface area contributed by atoms with Crippen molar-refractivity contribution in [2.75, 3.05) is 0 Å². The van der Waals surface area contributed by atoms with Crippen LogP contribution in [0.1, 0.15) is 54.6 Å². The highest BCUT2D eigenvalue weighted by Gasteiger charge is 2.30. The second-order valence-corrected chi connectivity index (χ2v) is 6.67. The summed E-state index contributed by atoms with van der Waals surface area (Å²) in [5.41, 5.74) is 0.319. The van der Waals surface area contributed by atoms with Gasteiger partial charge in [-0.05, 0) is 40.0 Å². The number of carboxylic acid groups (broad SMARTS) is 1. The number of hydrogen-bond donors (Lipinski definition) is 1. The number of aromatic nitrogens is 1. The molecule has 1 aliphatic carbocycles. The van der Waals surface area contributed by atoms with Crippen molar-refractivity contribution in [3.8, 4) is 0 Å². The Bertz CT molecular complexity index is 433. The molecule has 0 unspecified atom stereocenters. The molecule has 4 heteroatoms. The van der Waals surface area contributed by atoms with Crippen LogP contribution in [0.25, 0.3) is 0 Å². The van der Waals surface area contributed by atoms with E-state index in [2.05, 4.69) is 4.98 Å². The smallest absolute Gasteiger partial charge is 0.309 e. The van der Waals surface area contributed by atoms with Gasteiger partial charge in [0.2, 0.25) is 0 Å². The van der Waals surface area contributed by atoms with Gasteiger partial charge in [-0.3, -0.25) is 4.79 Å². The van der Waals surface area contributed by atoms with Gasteiger partial charge < -0.3 is 5.11 Å². The zero-order chi connectivity index (χ0) is 12.6. The molecule has 1 heterocycles. The molecule has 2 rings (SSSR count). The molecule has 1 aliphatic rings. The van der Waals surface area contributed by atoms with E-state index in [4.69, 9.17) is 5.11 Å². The monoisotopic (exact) mass is 253 g/mol. The Labute approximate surface area is 106 Å². The minimum atomic E-state index is -0.740. The maximum absolute atomic E-state index is 11.1. The standard InChI is InChI=1S/C13H19NO2S/c1-8-10(7-13(2,3)12(15)16)17-11(14-8)9-5-4-6-9/h9H,4-7H2,1-3H3,(H,15,16). The zero-order valence-electron chi connectivity index (χ0n) is 10.6. The highest BCUT2D eigenvalue weighted by molar-refractivity contribution is 7.11. The van der Waals surface area contributed by atoms with Gasteiger partial charge in [0.15, 0.2) is 0 Å². The summed E-state index contributed by atoms with van der Waals surface area (Å²) < 4.78 is 0. The van der Waals surface area contributed by atoms with E-state index >= 15 is 0 Å². The molecule has 0 atom stereocenters. The molecule has 1 aromatic rings. The average Bonchev–Trinajstić information content (AvgIpc) is 2.43. The number of rotatable bonds is 4. The second-order valence-electron chi connectivity index (χ2n) is 5.55. The van der Waals surface area contributed by atoms with Crippen LogP contribution in [0.5, 0.6) is 0 Å². The number of nitrogens with zero attached hydrogens (tertiary/aromatic N) is 1. The van der Waals surface area contributed by atoms with Crippen molar-refractivity contribution in [1.82, 2.24) is 4.98 Å². The molecule has 1 fully saturated rings. The third-order valence-electron chi connectivity index (χ3n) is 3.55. The van der Waals surface area contributed by atoms with E-state index in [1.165, 1.54) is 24.3 Å². The lowest BCUT2D eigenvalue weighted by molar-refractivity contribution is -0.146. The van der Waals surface area contributed by atoms with Gasteiger partial charge in [-0.25, -0.2) is 4.98 Å². The Kier molecular flexibility index (Phi) is 3.25. The van der Waals surface area contributed by atoms with E-state index in [9.17, 15) is 4.79 Å². The Hall–Kier alpha value is -0.900. The van der Waals surface area contributed by atoms with Crippen LogP contribution < -0.4 is 0 Å². The molecule has 1 N–H and O–H groups in total. The minimum Gasteiger partial charge on any atom is -0.481 e. The molecule has 94 valence electrons. The average molecular weight is 253 g/mol. The number of carbonyl (C=O) groups is 1. The number of carboxylic acids is 1. The SMILES string of the molecule is Cc1nc(C2CCC2)sc1CC(C)(C)C(=O)O. The molecule has 0 saturated heterocycles. The fourth-order valence-electron chi connectivity index (χ4n) is 1.92. The fourth-order valence-corrected chi connectivity index (χ4v) is 3.39. The van der Waals surface area contributed by atoms with Crippen molar-refractivity contribution in [3.63, 3.8) is 0 Å². The van der Waals surface area contributed by atoms with Gasteiger partial charge >= 0.3 is 5.97 Å². The third kappa shape index (κ3) is 2.51. The lowest BCUT2D eigenvalue weighted by Gasteiger charge is -2.22. The maximum atomic E-state index is 11.1. The maximum Gasteiger partial charge on any atom is 0.309 e. The van der Waals surface area contributed by atoms with E-state index in [-0.39, 0.29) is 0 Å². The van der Waals surface area contributed by atoms with Gasteiger partial charge in [-0.15, -0.1) is 11.3 Å². The summed E-state index contributed by atoms with van der Waals surface area (Å²) in [6.07, 6.45) is 4.38. The van der Waals surface area contributed by atoms with Gasteiger partial charge in [0, 0.05) is 10.8 Å².